The van der Waals surface area contributed by atoms with Gasteiger partial charge >= 0.3 is 0 Å². The minimum Gasteiger partial charge on any atom is -0.497 e. The maximum Gasteiger partial charge on any atom is 0.132 e. The maximum atomic E-state index is 9.56. The summed E-state index contributed by atoms with van der Waals surface area (Å²) in [7, 11) is 3.74. The fourth-order valence-corrected chi connectivity index (χ4v) is 4.20. The molecule has 1 N–H and O–H groups in total. The normalized spacial score (nSPS) is 16.0. The molecule has 0 aliphatic carbocycles. The van der Waals surface area contributed by atoms with Crippen LogP contribution in [0.15, 0.2) is 30.3 Å². The topological polar surface area (TPSA) is 59.8 Å². The summed E-state index contributed by atoms with van der Waals surface area (Å²) in [5.74, 6) is 1.63. The Hall–Kier alpha value is -2.99. The first-order chi connectivity index (χ1) is 13.4. The molecule has 0 amide bonds. The quantitative estimate of drug-likeness (QED) is 0.748. The number of aromatic nitrogens is 2. The molecule has 144 valence electrons. The lowest BCUT2D eigenvalue weighted by Gasteiger charge is -2.34. The molecule has 3 heterocycles. The Balaban J connectivity index is 1.88. The van der Waals surface area contributed by atoms with Gasteiger partial charge in [-0.15, -0.1) is 0 Å². The molecule has 2 aliphatic rings. The van der Waals surface area contributed by atoms with Crippen molar-refractivity contribution in [3.63, 3.8) is 0 Å². The summed E-state index contributed by atoms with van der Waals surface area (Å²) >= 11 is 0. The molecule has 0 fully saturated rings. The van der Waals surface area contributed by atoms with Crippen LogP contribution in [0.4, 0.5) is 11.4 Å². The van der Waals surface area contributed by atoms with Gasteiger partial charge in [0.1, 0.15) is 22.8 Å². The molecule has 0 atom stereocenters. The average Bonchev–Trinajstić information content (AvgIpc) is 3.02. The van der Waals surface area contributed by atoms with E-state index in [2.05, 4.69) is 30.2 Å². The molecule has 0 spiro atoms. The van der Waals surface area contributed by atoms with Crippen molar-refractivity contribution < 1.29 is 14.6 Å². The highest BCUT2D eigenvalue weighted by atomic mass is 16.5. The van der Waals surface area contributed by atoms with Gasteiger partial charge in [0.2, 0.25) is 0 Å². The highest BCUT2D eigenvalue weighted by molar-refractivity contribution is 6.13. The van der Waals surface area contributed by atoms with E-state index in [-0.39, 0.29) is 12.2 Å². The number of hydrogen-bond acceptors (Lipinski definition) is 5. The third-order valence-electron chi connectivity index (χ3n) is 5.51. The van der Waals surface area contributed by atoms with Crippen LogP contribution in [0.25, 0.3) is 28.2 Å². The first kappa shape index (κ1) is 17.1. The average molecular weight is 377 g/mol. The highest BCUT2D eigenvalue weighted by Gasteiger charge is 2.33. The van der Waals surface area contributed by atoms with Gasteiger partial charge in [0.05, 0.1) is 42.5 Å². The molecule has 6 heteroatoms. The van der Waals surface area contributed by atoms with Crippen LogP contribution in [0.5, 0.6) is 11.5 Å². The van der Waals surface area contributed by atoms with Gasteiger partial charge in [0, 0.05) is 24.2 Å². The zero-order chi connectivity index (χ0) is 19.6. The molecule has 0 bridgehead atoms. The van der Waals surface area contributed by atoms with Crippen LogP contribution in [0.3, 0.4) is 0 Å². The van der Waals surface area contributed by atoms with E-state index >= 15 is 0 Å². The third-order valence-corrected chi connectivity index (χ3v) is 5.51. The zero-order valence-electron chi connectivity index (χ0n) is 16.5. The Bertz CT molecular complexity index is 1140. The number of nitrogens with zero attached hydrogens (tertiary/aromatic N) is 3. The molecule has 0 saturated heterocycles. The molecule has 2 aromatic carbocycles. The van der Waals surface area contributed by atoms with Gasteiger partial charge in [0.25, 0.3) is 0 Å². The number of benzene rings is 2. The van der Waals surface area contributed by atoms with E-state index in [0.29, 0.717) is 6.54 Å². The second-order valence-corrected chi connectivity index (χ2v) is 7.81. The van der Waals surface area contributed by atoms with Crippen molar-refractivity contribution in [2.75, 3.05) is 25.7 Å². The molecule has 6 nitrogen and oxygen atoms in total. The minimum atomic E-state index is -0.365. The highest BCUT2D eigenvalue weighted by Crippen LogP contribution is 2.52. The largest absolute Gasteiger partial charge is 0.497 e. The minimum absolute atomic E-state index is 0.0235. The number of methoxy groups -OCH3 is 1. The Morgan fingerprint density at radius 1 is 1.25 bits per heavy atom. The Morgan fingerprint density at radius 3 is 2.82 bits per heavy atom. The van der Waals surface area contributed by atoms with E-state index in [4.69, 9.17) is 14.6 Å². The van der Waals surface area contributed by atoms with Gasteiger partial charge in [-0.05, 0) is 44.2 Å². The summed E-state index contributed by atoms with van der Waals surface area (Å²) in [4.78, 5) is 2.19. The van der Waals surface area contributed by atoms with E-state index in [9.17, 15) is 5.11 Å². The predicted octanol–water partition coefficient (Wildman–Crippen LogP) is 3.97. The fraction of sp³-hybridized carbons (Fsp3) is 0.318. The first-order valence-electron chi connectivity index (χ1n) is 9.42. The van der Waals surface area contributed by atoms with E-state index < -0.39 is 0 Å². The number of fused-ring (bicyclic) bond motifs is 4. The van der Waals surface area contributed by atoms with Crippen molar-refractivity contribution in [2.45, 2.75) is 26.0 Å². The second-order valence-electron chi connectivity index (χ2n) is 7.81. The van der Waals surface area contributed by atoms with Gasteiger partial charge < -0.3 is 19.5 Å². The molecule has 5 rings (SSSR count). The maximum absolute atomic E-state index is 9.56. The van der Waals surface area contributed by atoms with Crippen LogP contribution in [-0.2, 0) is 6.54 Å². The molecule has 2 aliphatic heterocycles. The summed E-state index contributed by atoms with van der Waals surface area (Å²) in [6, 6.07) is 8.09. The van der Waals surface area contributed by atoms with E-state index in [1.807, 2.05) is 36.7 Å². The number of ether oxygens (including phenoxy) is 2. The molecule has 0 radical (unpaired) electrons. The van der Waals surface area contributed by atoms with Crippen LogP contribution in [0.1, 0.15) is 19.4 Å². The summed E-state index contributed by atoms with van der Waals surface area (Å²) in [5, 5.41) is 15.5. The van der Waals surface area contributed by atoms with Gasteiger partial charge in [0.15, 0.2) is 0 Å². The lowest BCUT2D eigenvalue weighted by Crippen LogP contribution is -2.28. The van der Waals surface area contributed by atoms with Crippen LogP contribution in [0.2, 0.25) is 0 Å². The van der Waals surface area contributed by atoms with Crippen LogP contribution in [0, 0.1) is 0 Å². The van der Waals surface area contributed by atoms with Gasteiger partial charge in [-0.2, -0.15) is 5.10 Å². The predicted molar refractivity (Wildman–Crippen MR) is 111 cm³/mol. The van der Waals surface area contributed by atoms with E-state index in [1.165, 1.54) is 0 Å². The van der Waals surface area contributed by atoms with Gasteiger partial charge in [-0.1, -0.05) is 0 Å². The summed E-state index contributed by atoms with van der Waals surface area (Å²) in [6.07, 6.45) is 4.23. The van der Waals surface area contributed by atoms with Gasteiger partial charge in [-0.25, -0.2) is 0 Å². The lowest BCUT2D eigenvalue weighted by molar-refractivity contribution is 0.159. The molecule has 0 unspecified atom stereocenters. The molecule has 0 saturated carbocycles. The molecular weight excluding hydrogens is 354 g/mol. The molecule has 1 aromatic heterocycles. The van der Waals surface area contributed by atoms with Crippen molar-refractivity contribution in [3.05, 3.63) is 35.9 Å². The van der Waals surface area contributed by atoms with Crippen LogP contribution < -0.4 is 14.4 Å². The number of rotatable bonds is 3. The van der Waals surface area contributed by atoms with Crippen molar-refractivity contribution >= 4 is 28.4 Å². The van der Waals surface area contributed by atoms with Crippen LogP contribution >= 0.6 is 0 Å². The fourth-order valence-electron chi connectivity index (χ4n) is 4.20. The Morgan fingerprint density at radius 2 is 2.07 bits per heavy atom. The number of aliphatic hydroxyl groups is 1. The smallest absolute Gasteiger partial charge is 0.132 e. The number of anilines is 2. The van der Waals surface area contributed by atoms with Crippen molar-refractivity contribution in [2.24, 2.45) is 0 Å². The van der Waals surface area contributed by atoms with E-state index in [0.717, 1.165) is 50.6 Å². The molecule has 28 heavy (non-hydrogen) atoms. The third kappa shape index (κ3) is 2.27. The monoisotopic (exact) mass is 377 g/mol. The van der Waals surface area contributed by atoms with Crippen molar-refractivity contribution in [3.8, 4) is 22.8 Å². The SMILES string of the molecule is COc1ccc2c(c1)-c1nn(CCO)c3cc4c(c(c13)N2C)C=CC(C)(C)O4. The first-order valence-corrected chi connectivity index (χ1v) is 9.42. The standard InChI is InChI=1S/C22H23N3O3/c1-22(2)8-7-14-18(28-22)12-17-19-20(23-25(17)9-10-26)15-11-13(27-4)5-6-16(15)24(3)21(14)19/h5-8,11-12,26H,9-10H2,1-4H3. The Labute approximate surface area is 163 Å². The number of aliphatic hydroxyl groups excluding tert-OH is 1. The second kappa shape index (κ2) is 5.75. The van der Waals surface area contributed by atoms with Gasteiger partial charge in [-0.3, -0.25) is 4.68 Å². The Kier molecular flexibility index (Phi) is 3.52. The van der Waals surface area contributed by atoms with E-state index in [1.54, 1.807) is 7.11 Å². The van der Waals surface area contributed by atoms with Crippen molar-refractivity contribution in [1.82, 2.24) is 9.78 Å². The molecule has 3 aromatic rings. The summed E-state index contributed by atoms with van der Waals surface area (Å²) in [6.45, 7) is 4.54. The molecular formula is C22H23N3O3. The number of hydrogen-bond donors (Lipinski definition) is 1. The summed E-state index contributed by atoms with van der Waals surface area (Å²) in [5.41, 5.74) is 5.73. The van der Waals surface area contributed by atoms with Crippen LogP contribution in [-0.4, -0.2) is 41.3 Å². The van der Waals surface area contributed by atoms with Crippen molar-refractivity contribution in [1.29, 1.82) is 0 Å². The zero-order valence-corrected chi connectivity index (χ0v) is 16.5. The summed E-state index contributed by atoms with van der Waals surface area (Å²) < 4.78 is 13.6. The lowest BCUT2D eigenvalue weighted by atomic mass is 9.93.